The van der Waals surface area contributed by atoms with Gasteiger partial charge in [0.25, 0.3) is 0 Å². The number of rotatable bonds is 2. The van der Waals surface area contributed by atoms with Crippen LogP contribution in [0.2, 0.25) is 0 Å². The first-order chi connectivity index (χ1) is 8.25. The summed E-state index contributed by atoms with van der Waals surface area (Å²) in [7, 11) is 0. The van der Waals surface area contributed by atoms with Crippen LogP contribution in [0.4, 0.5) is 0 Å². The highest BCUT2D eigenvalue weighted by molar-refractivity contribution is 5.55. The van der Waals surface area contributed by atoms with Gasteiger partial charge in [-0.1, -0.05) is 12.1 Å². The molecule has 1 aromatic rings. The van der Waals surface area contributed by atoms with Crippen LogP contribution in [-0.2, 0) is 5.41 Å². The number of hydrogen-bond donors (Lipinski definition) is 1. The van der Waals surface area contributed by atoms with Gasteiger partial charge in [0.05, 0.1) is 0 Å². The van der Waals surface area contributed by atoms with E-state index in [2.05, 4.69) is 12.1 Å². The molecule has 3 heteroatoms. The highest BCUT2D eigenvalue weighted by atomic mass is 16.6. The predicted octanol–water partition coefficient (Wildman–Crippen LogP) is 1.98. The van der Waals surface area contributed by atoms with Gasteiger partial charge in [-0.25, -0.2) is 0 Å². The van der Waals surface area contributed by atoms with Gasteiger partial charge in [-0.3, -0.25) is 0 Å². The van der Waals surface area contributed by atoms with E-state index in [4.69, 9.17) is 15.2 Å². The second kappa shape index (κ2) is 2.96. The SMILES string of the molecule is NC1(C2(c3cccc4c3OCCO4)CC2)CC1. The molecule has 3 aliphatic rings. The Morgan fingerprint density at radius 2 is 1.76 bits per heavy atom. The molecule has 0 bridgehead atoms. The third-order valence-corrected chi connectivity index (χ3v) is 4.57. The third-order valence-electron chi connectivity index (χ3n) is 4.57. The predicted molar refractivity (Wildman–Crippen MR) is 64.5 cm³/mol. The third kappa shape index (κ3) is 1.20. The first kappa shape index (κ1) is 9.77. The fraction of sp³-hybridized carbons (Fsp3) is 0.571. The van der Waals surface area contributed by atoms with Gasteiger partial charge >= 0.3 is 0 Å². The lowest BCUT2D eigenvalue weighted by atomic mass is 9.85. The average Bonchev–Trinajstić information content (AvgIpc) is 3.24. The minimum Gasteiger partial charge on any atom is -0.486 e. The van der Waals surface area contributed by atoms with Crippen molar-refractivity contribution in [3.8, 4) is 11.5 Å². The summed E-state index contributed by atoms with van der Waals surface area (Å²) in [5.41, 5.74) is 7.95. The first-order valence-corrected chi connectivity index (χ1v) is 6.43. The molecule has 1 aliphatic heterocycles. The standard InChI is InChI=1S/C14H17NO2/c15-14(6-7-14)13(4-5-13)10-2-1-3-11-12(10)17-9-8-16-11/h1-3H,4-9,15H2. The van der Waals surface area contributed by atoms with Crippen molar-refractivity contribution >= 4 is 0 Å². The van der Waals surface area contributed by atoms with E-state index in [1.165, 1.54) is 18.4 Å². The molecule has 2 aliphatic carbocycles. The van der Waals surface area contributed by atoms with Gasteiger partial charge in [0.2, 0.25) is 0 Å². The molecule has 90 valence electrons. The van der Waals surface area contributed by atoms with Gasteiger partial charge in [-0.05, 0) is 31.7 Å². The molecule has 1 heterocycles. The zero-order valence-corrected chi connectivity index (χ0v) is 9.87. The second-order valence-electron chi connectivity index (χ2n) is 5.57. The van der Waals surface area contributed by atoms with E-state index in [9.17, 15) is 0 Å². The van der Waals surface area contributed by atoms with Crippen molar-refractivity contribution in [2.75, 3.05) is 13.2 Å². The van der Waals surface area contributed by atoms with Crippen molar-refractivity contribution in [1.82, 2.24) is 0 Å². The summed E-state index contributed by atoms with van der Waals surface area (Å²) in [4.78, 5) is 0. The summed E-state index contributed by atoms with van der Waals surface area (Å²) < 4.78 is 11.5. The van der Waals surface area contributed by atoms with Crippen LogP contribution in [0.25, 0.3) is 0 Å². The molecule has 0 saturated heterocycles. The molecule has 2 saturated carbocycles. The second-order valence-corrected chi connectivity index (χ2v) is 5.57. The molecule has 4 rings (SSSR count). The molecule has 2 N–H and O–H groups in total. The monoisotopic (exact) mass is 231 g/mol. The summed E-state index contributed by atoms with van der Waals surface area (Å²) in [6.07, 6.45) is 4.70. The zero-order chi connectivity index (χ0) is 11.5. The molecule has 17 heavy (non-hydrogen) atoms. The highest BCUT2D eigenvalue weighted by Crippen LogP contribution is 2.65. The Balaban J connectivity index is 1.84. The maximum absolute atomic E-state index is 6.46. The quantitative estimate of drug-likeness (QED) is 0.846. The van der Waals surface area contributed by atoms with E-state index < -0.39 is 0 Å². The Labute approximate surface area is 101 Å². The van der Waals surface area contributed by atoms with Crippen LogP contribution in [0.1, 0.15) is 31.2 Å². The molecular formula is C14H17NO2. The summed E-state index contributed by atoms with van der Waals surface area (Å²) in [6, 6.07) is 6.23. The van der Waals surface area contributed by atoms with E-state index in [0.29, 0.717) is 13.2 Å². The average molecular weight is 231 g/mol. The molecular weight excluding hydrogens is 214 g/mol. The molecule has 0 unspecified atom stereocenters. The number of hydrogen-bond acceptors (Lipinski definition) is 3. The van der Waals surface area contributed by atoms with Gasteiger partial charge in [-0.2, -0.15) is 0 Å². The summed E-state index contributed by atoms with van der Waals surface area (Å²) in [5, 5.41) is 0. The van der Waals surface area contributed by atoms with E-state index in [0.717, 1.165) is 24.3 Å². The minimum absolute atomic E-state index is 0.0307. The lowest BCUT2D eigenvalue weighted by Gasteiger charge is -2.28. The molecule has 3 nitrogen and oxygen atoms in total. The van der Waals surface area contributed by atoms with Crippen LogP contribution in [0.5, 0.6) is 11.5 Å². The van der Waals surface area contributed by atoms with Crippen LogP contribution in [0.15, 0.2) is 18.2 Å². The van der Waals surface area contributed by atoms with E-state index in [1.54, 1.807) is 0 Å². The van der Waals surface area contributed by atoms with Crippen LogP contribution < -0.4 is 15.2 Å². The van der Waals surface area contributed by atoms with Crippen molar-refractivity contribution in [2.45, 2.75) is 36.6 Å². The maximum Gasteiger partial charge on any atom is 0.165 e. The fourth-order valence-electron chi connectivity index (χ4n) is 3.22. The Kier molecular flexibility index (Phi) is 1.70. The summed E-state index contributed by atoms with van der Waals surface area (Å²) >= 11 is 0. The fourth-order valence-corrected chi connectivity index (χ4v) is 3.22. The molecule has 0 spiro atoms. The molecule has 1 aromatic carbocycles. The maximum atomic E-state index is 6.46. The molecule has 0 radical (unpaired) electrons. The minimum atomic E-state index is 0.0307. The Morgan fingerprint density at radius 1 is 1.00 bits per heavy atom. The van der Waals surface area contributed by atoms with E-state index in [1.807, 2.05) is 6.07 Å². The first-order valence-electron chi connectivity index (χ1n) is 6.43. The number of nitrogens with two attached hydrogens (primary N) is 1. The van der Waals surface area contributed by atoms with E-state index in [-0.39, 0.29) is 11.0 Å². The Morgan fingerprint density at radius 3 is 2.47 bits per heavy atom. The van der Waals surface area contributed by atoms with Crippen LogP contribution in [0, 0.1) is 0 Å². The van der Waals surface area contributed by atoms with Gasteiger partial charge in [0.15, 0.2) is 11.5 Å². The van der Waals surface area contributed by atoms with Gasteiger partial charge < -0.3 is 15.2 Å². The number of fused-ring (bicyclic) bond motifs is 1. The Bertz CT molecular complexity index is 475. The largest absolute Gasteiger partial charge is 0.486 e. The summed E-state index contributed by atoms with van der Waals surface area (Å²) in [6.45, 7) is 1.30. The molecule has 0 atom stereocenters. The topological polar surface area (TPSA) is 44.5 Å². The lowest BCUT2D eigenvalue weighted by Crippen LogP contribution is -2.38. The number of ether oxygens (including phenoxy) is 2. The number of para-hydroxylation sites is 1. The number of benzene rings is 1. The van der Waals surface area contributed by atoms with Crippen LogP contribution in [0.3, 0.4) is 0 Å². The van der Waals surface area contributed by atoms with E-state index >= 15 is 0 Å². The van der Waals surface area contributed by atoms with Gasteiger partial charge in [0.1, 0.15) is 13.2 Å². The highest BCUT2D eigenvalue weighted by Gasteiger charge is 2.65. The normalized spacial score (nSPS) is 26.4. The van der Waals surface area contributed by atoms with Crippen LogP contribution >= 0.6 is 0 Å². The lowest BCUT2D eigenvalue weighted by molar-refractivity contribution is 0.168. The summed E-state index contributed by atoms with van der Waals surface area (Å²) in [5.74, 6) is 1.84. The molecule has 0 amide bonds. The van der Waals surface area contributed by atoms with Gasteiger partial charge in [0, 0.05) is 16.5 Å². The van der Waals surface area contributed by atoms with Crippen molar-refractivity contribution < 1.29 is 9.47 Å². The van der Waals surface area contributed by atoms with Crippen molar-refractivity contribution in [2.24, 2.45) is 5.73 Å². The van der Waals surface area contributed by atoms with Crippen molar-refractivity contribution in [3.63, 3.8) is 0 Å². The van der Waals surface area contributed by atoms with Gasteiger partial charge in [-0.15, -0.1) is 0 Å². The smallest absolute Gasteiger partial charge is 0.165 e. The molecule has 2 fully saturated rings. The van der Waals surface area contributed by atoms with Crippen molar-refractivity contribution in [1.29, 1.82) is 0 Å². The molecule has 0 aromatic heterocycles. The van der Waals surface area contributed by atoms with Crippen molar-refractivity contribution in [3.05, 3.63) is 23.8 Å². The zero-order valence-electron chi connectivity index (χ0n) is 9.87. The van der Waals surface area contributed by atoms with Crippen LogP contribution in [-0.4, -0.2) is 18.8 Å². The Hall–Kier alpha value is -1.22.